The van der Waals surface area contributed by atoms with Gasteiger partial charge in [0.05, 0.1) is 0 Å². The number of carboxylic acid groups (broad SMARTS) is 1. The molecule has 4 heteroatoms. The molecule has 0 unspecified atom stereocenters. The van der Waals surface area contributed by atoms with Gasteiger partial charge < -0.3 is 0 Å². The maximum atomic E-state index is 11.2. The predicted molar refractivity (Wildman–Crippen MR) is 77.6 cm³/mol. The van der Waals surface area contributed by atoms with E-state index < -0.39 is 27.2 Å². The van der Waals surface area contributed by atoms with Crippen molar-refractivity contribution in [3.63, 3.8) is 0 Å². The van der Waals surface area contributed by atoms with Crippen LogP contribution in [0.5, 0.6) is 5.75 Å². The van der Waals surface area contributed by atoms with Crippen molar-refractivity contribution in [3.8, 4) is 5.75 Å². The summed E-state index contributed by atoms with van der Waals surface area (Å²) < 4.78 is 7.88. The van der Waals surface area contributed by atoms with Gasteiger partial charge >= 0.3 is 135 Å². The number of rotatable bonds is 4. The molecule has 0 saturated carbocycles. The van der Waals surface area contributed by atoms with Crippen LogP contribution in [0.15, 0.2) is 48.5 Å². The van der Waals surface area contributed by atoms with E-state index >= 15 is 0 Å². The zero-order chi connectivity index (χ0) is 15.5. The van der Waals surface area contributed by atoms with Gasteiger partial charge in [0.25, 0.3) is 0 Å². The predicted octanol–water partition coefficient (Wildman–Crippen LogP) is 0.690. The fourth-order valence-electron chi connectivity index (χ4n) is 1.75. The summed E-state index contributed by atoms with van der Waals surface area (Å²) in [6, 6.07) is 15.1. The Hall–Kier alpha value is -1.56. The number of carbonyl (C=O) groups is 1. The molecule has 0 aliphatic rings. The summed E-state index contributed by atoms with van der Waals surface area (Å²) in [5.74, 6) is -0.0280. The van der Waals surface area contributed by atoms with Crippen molar-refractivity contribution >= 4 is 5.97 Å². The van der Waals surface area contributed by atoms with Crippen LogP contribution in [0.4, 0.5) is 0 Å². The second kappa shape index (κ2) is 6.47. The molecule has 0 heterocycles. The first kappa shape index (κ1) is 15.8. The van der Waals surface area contributed by atoms with E-state index in [0.717, 1.165) is 9.32 Å². The molecule has 0 spiro atoms. The number of hydrogen-bond donors (Lipinski definition) is 1. The standard InChI is InChI=1S/C17H18IO3/c1-17(2,3)21-13-10-8-12(9-11-13)18-15-7-5-4-6-14(15)16(19)20/h4-11H,1-3H3,(H,19,20)/q-1. The van der Waals surface area contributed by atoms with Crippen molar-refractivity contribution in [2.75, 3.05) is 0 Å². The van der Waals surface area contributed by atoms with E-state index in [2.05, 4.69) is 0 Å². The fourth-order valence-corrected chi connectivity index (χ4v) is 4.23. The van der Waals surface area contributed by atoms with Crippen LogP contribution < -0.4 is 25.9 Å². The van der Waals surface area contributed by atoms with Gasteiger partial charge in [0, 0.05) is 0 Å². The molecule has 3 nitrogen and oxygen atoms in total. The van der Waals surface area contributed by atoms with Gasteiger partial charge in [0.1, 0.15) is 0 Å². The van der Waals surface area contributed by atoms with E-state index in [1.807, 2.05) is 57.2 Å². The van der Waals surface area contributed by atoms with Crippen molar-refractivity contribution in [2.24, 2.45) is 0 Å². The Bertz CT molecular complexity index is 627. The van der Waals surface area contributed by atoms with E-state index in [9.17, 15) is 9.90 Å². The summed E-state index contributed by atoms with van der Waals surface area (Å²) >= 11 is -0.510. The summed E-state index contributed by atoms with van der Waals surface area (Å²) in [6.07, 6.45) is 0. The van der Waals surface area contributed by atoms with Crippen molar-refractivity contribution < 1.29 is 35.8 Å². The molecule has 1 N–H and O–H groups in total. The third-order valence-corrected chi connectivity index (χ3v) is 5.42. The van der Waals surface area contributed by atoms with Crippen molar-refractivity contribution in [2.45, 2.75) is 26.4 Å². The van der Waals surface area contributed by atoms with Gasteiger partial charge in [0.15, 0.2) is 0 Å². The van der Waals surface area contributed by atoms with Crippen LogP contribution in [0.3, 0.4) is 0 Å². The Morgan fingerprint density at radius 2 is 1.67 bits per heavy atom. The number of hydrogen-bond acceptors (Lipinski definition) is 2. The summed E-state index contributed by atoms with van der Waals surface area (Å²) in [6.45, 7) is 6.03. The molecule has 2 aromatic rings. The SMILES string of the molecule is CC(C)(C)Oc1ccc([I-]c2ccccc2C(=O)O)cc1. The molecular weight excluding hydrogens is 379 g/mol. The zero-order valence-electron chi connectivity index (χ0n) is 12.3. The monoisotopic (exact) mass is 397 g/mol. The Morgan fingerprint density at radius 3 is 2.24 bits per heavy atom. The molecule has 0 radical (unpaired) electrons. The normalized spacial score (nSPS) is 11.4. The second-order valence-electron chi connectivity index (χ2n) is 5.55. The first-order valence-electron chi connectivity index (χ1n) is 6.61. The van der Waals surface area contributed by atoms with Gasteiger partial charge in [-0.3, -0.25) is 0 Å². The van der Waals surface area contributed by atoms with Crippen LogP contribution in [-0.2, 0) is 0 Å². The molecule has 2 rings (SSSR count). The molecule has 112 valence electrons. The zero-order valence-corrected chi connectivity index (χ0v) is 14.4. The number of carboxylic acids is 1. The van der Waals surface area contributed by atoms with Gasteiger partial charge in [0.2, 0.25) is 0 Å². The molecule has 0 aromatic heterocycles. The molecule has 0 saturated heterocycles. The van der Waals surface area contributed by atoms with E-state index in [1.54, 1.807) is 12.1 Å². The van der Waals surface area contributed by atoms with Crippen molar-refractivity contribution in [1.29, 1.82) is 0 Å². The van der Waals surface area contributed by atoms with Crippen LogP contribution in [0.25, 0.3) is 0 Å². The molecular formula is C17H18IO3-. The van der Waals surface area contributed by atoms with Gasteiger partial charge in [-0.25, -0.2) is 0 Å². The molecule has 0 aliphatic carbocycles. The minimum absolute atomic E-state index is 0.216. The Labute approximate surface area is 135 Å². The van der Waals surface area contributed by atoms with Gasteiger partial charge in [-0.05, 0) is 0 Å². The van der Waals surface area contributed by atoms with Crippen LogP contribution >= 0.6 is 0 Å². The summed E-state index contributed by atoms with van der Waals surface area (Å²) in [4.78, 5) is 11.2. The first-order chi connectivity index (χ1) is 9.85. The Kier molecular flexibility index (Phi) is 4.88. The Morgan fingerprint density at radius 1 is 1.05 bits per heavy atom. The average Bonchev–Trinajstić information content (AvgIpc) is 2.40. The first-order valence-corrected chi connectivity index (χ1v) is 8.77. The van der Waals surface area contributed by atoms with E-state index in [0.29, 0.717) is 5.56 Å². The van der Waals surface area contributed by atoms with Gasteiger partial charge in [-0.15, -0.1) is 0 Å². The van der Waals surface area contributed by atoms with Crippen LogP contribution in [-0.4, -0.2) is 16.7 Å². The number of benzene rings is 2. The molecule has 0 atom stereocenters. The molecule has 21 heavy (non-hydrogen) atoms. The van der Waals surface area contributed by atoms with Crippen LogP contribution in [0.1, 0.15) is 31.1 Å². The second-order valence-corrected chi connectivity index (χ2v) is 8.50. The van der Waals surface area contributed by atoms with E-state index in [4.69, 9.17) is 4.74 Å². The van der Waals surface area contributed by atoms with Crippen LogP contribution in [0, 0.1) is 7.14 Å². The minimum atomic E-state index is -0.863. The Balaban J connectivity index is 2.16. The summed E-state index contributed by atoms with van der Waals surface area (Å²) in [5, 5.41) is 9.21. The van der Waals surface area contributed by atoms with Gasteiger partial charge in [-0.2, -0.15) is 0 Å². The third kappa shape index (κ3) is 4.74. The molecule has 0 aliphatic heterocycles. The van der Waals surface area contributed by atoms with Crippen LogP contribution in [0.2, 0.25) is 0 Å². The number of ether oxygens (including phenoxy) is 1. The van der Waals surface area contributed by atoms with E-state index in [1.165, 1.54) is 3.57 Å². The van der Waals surface area contributed by atoms with E-state index in [-0.39, 0.29) is 5.60 Å². The summed E-state index contributed by atoms with van der Waals surface area (Å²) in [7, 11) is 0. The topological polar surface area (TPSA) is 46.5 Å². The van der Waals surface area contributed by atoms with Crippen molar-refractivity contribution in [3.05, 3.63) is 61.2 Å². The molecule has 0 fully saturated rings. The van der Waals surface area contributed by atoms with Gasteiger partial charge in [-0.1, -0.05) is 0 Å². The number of aromatic carboxylic acids is 1. The molecule has 0 bridgehead atoms. The van der Waals surface area contributed by atoms with Crippen molar-refractivity contribution in [1.82, 2.24) is 0 Å². The fraction of sp³-hybridized carbons (Fsp3) is 0.235. The summed E-state index contributed by atoms with van der Waals surface area (Å²) in [5.41, 5.74) is 0.187. The quantitative estimate of drug-likeness (QED) is 0.773. The molecule has 2 aromatic carbocycles. The molecule has 0 amide bonds. The average molecular weight is 397 g/mol. The maximum absolute atomic E-state index is 11.2. The third-order valence-electron chi connectivity index (χ3n) is 2.55. The number of halogens is 1.